The highest BCUT2D eigenvalue weighted by Crippen LogP contribution is 2.32. The van der Waals surface area contributed by atoms with E-state index in [0.29, 0.717) is 30.2 Å². The first-order chi connectivity index (χ1) is 14.7. The molecule has 4 rings (SSSR count). The number of hydrogen-bond acceptors (Lipinski definition) is 4. The Kier molecular flexibility index (Phi) is 6.32. The van der Waals surface area contributed by atoms with Gasteiger partial charge in [0.1, 0.15) is 0 Å². The van der Waals surface area contributed by atoms with Crippen LogP contribution in [0.3, 0.4) is 0 Å². The zero-order valence-electron chi connectivity index (χ0n) is 17.2. The highest BCUT2D eigenvalue weighted by atomic mass is 16.5. The number of benzene rings is 2. The van der Waals surface area contributed by atoms with Crippen LogP contribution in [0.2, 0.25) is 0 Å². The molecule has 1 N–H and O–H groups in total. The number of aromatic nitrogens is 2. The minimum absolute atomic E-state index is 0.144. The number of carbonyl (C=O) groups excluding carboxylic acids is 1. The van der Waals surface area contributed by atoms with Gasteiger partial charge >= 0.3 is 0 Å². The van der Waals surface area contributed by atoms with Crippen molar-refractivity contribution >= 4 is 5.91 Å². The molecule has 156 valence electrons. The van der Waals surface area contributed by atoms with E-state index in [-0.39, 0.29) is 12.0 Å². The number of hydrogen-bond donors (Lipinski definition) is 1. The van der Waals surface area contributed by atoms with Gasteiger partial charge in [-0.05, 0) is 61.1 Å². The molecule has 2 aromatic carbocycles. The van der Waals surface area contributed by atoms with E-state index in [1.807, 2.05) is 41.2 Å². The summed E-state index contributed by atoms with van der Waals surface area (Å²) in [6.07, 6.45) is 8.48. The van der Waals surface area contributed by atoms with E-state index >= 15 is 0 Å². The summed E-state index contributed by atoms with van der Waals surface area (Å²) in [5, 5.41) is 7.28. The van der Waals surface area contributed by atoms with E-state index in [1.165, 1.54) is 12.8 Å². The standard InChI is InChI=1S/C24H27N3O3/c1-29-23-15-18(11-12-22(23)30-21-9-4-5-10-21)24(28)25-16-19-7-2-3-8-20(19)17-27-14-6-13-26-27/h2-3,6-8,11-15,21H,4-5,9-10,16-17H2,1H3,(H,25,28). The van der Waals surface area contributed by atoms with Gasteiger partial charge in [-0.25, -0.2) is 0 Å². The third-order valence-corrected chi connectivity index (χ3v) is 5.47. The van der Waals surface area contributed by atoms with Gasteiger partial charge in [0.2, 0.25) is 0 Å². The summed E-state index contributed by atoms with van der Waals surface area (Å²) in [5.41, 5.74) is 2.74. The van der Waals surface area contributed by atoms with Crippen molar-refractivity contribution in [1.82, 2.24) is 15.1 Å². The predicted octanol–water partition coefficient (Wildman–Crippen LogP) is 4.19. The summed E-state index contributed by atoms with van der Waals surface area (Å²) < 4.78 is 13.4. The molecular weight excluding hydrogens is 378 g/mol. The molecule has 6 nitrogen and oxygen atoms in total. The molecule has 30 heavy (non-hydrogen) atoms. The Hall–Kier alpha value is -3.28. The molecule has 1 aliphatic rings. The van der Waals surface area contributed by atoms with Crippen molar-refractivity contribution in [2.75, 3.05) is 7.11 Å². The lowest BCUT2D eigenvalue weighted by Crippen LogP contribution is -2.23. The second kappa shape index (κ2) is 9.48. The van der Waals surface area contributed by atoms with Gasteiger partial charge in [0.15, 0.2) is 11.5 Å². The van der Waals surface area contributed by atoms with Gasteiger partial charge in [-0.3, -0.25) is 9.48 Å². The highest BCUT2D eigenvalue weighted by Gasteiger charge is 2.19. The number of nitrogens with zero attached hydrogens (tertiary/aromatic N) is 2. The first-order valence-electron chi connectivity index (χ1n) is 10.4. The molecule has 0 aliphatic heterocycles. The molecule has 1 saturated carbocycles. The molecule has 3 aromatic rings. The molecular formula is C24H27N3O3. The molecule has 1 aromatic heterocycles. The maximum Gasteiger partial charge on any atom is 0.251 e. The lowest BCUT2D eigenvalue weighted by molar-refractivity contribution is 0.0950. The SMILES string of the molecule is COc1cc(C(=O)NCc2ccccc2Cn2cccn2)ccc1OC1CCCC1. The summed E-state index contributed by atoms with van der Waals surface area (Å²) in [7, 11) is 1.60. The molecule has 1 heterocycles. The van der Waals surface area contributed by atoms with Gasteiger partial charge in [-0.15, -0.1) is 0 Å². The van der Waals surface area contributed by atoms with E-state index in [0.717, 1.165) is 24.0 Å². The average Bonchev–Trinajstić information content (AvgIpc) is 3.47. The van der Waals surface area contributed by atoms with Crippen molar-refractivity contribution in [3.05, 3.63) is 77.6 Å². The van der Waals surface area contributed by atoms with Gasteiger partial charge < -0.3 is 14.8 Å². The zero-order chi connectivity index (χ0) is 20.8. The fourth-order valence-corrected chi connectivity index (χ4v) is 3.82. The summed E-state index contributed by atoms with van der Waals surface area (Å²) >= 11 is 0. The van der Waals surface area contributed by atoms with Gasteiger partial charge in [0.25, 0.3) is 5.91 Å². The van der Waals surface area contributed by atoms with E-state index in [4.69, 9.17) is 9.47 Å². The number of amides is 1. The summed E-state index contributed by atoms with van der Waals surface area (Å²) in [6, 6.07) is 15.3. The molecule has 0 atom stereocenters. The lowest BCUT2D eigenvalue weighted by atomic mass is 10.1. The van der Waals surface area contributed by atoms with Crippen LogP contribution in [-0.2, 0) is 13.1 Å². The van der Waals surface area contributed by atoms with Crippen LogP contribution in [0.5, 0.6) is 11.5 Å². The average molecular weight is 405 g/mol. The highest BCUT2D eigenvalue weighted by molar-refractivity contribution is 5.94. The van der Waals surface area contributed by atoms with Crippen LogP contribution in [0.15, 0.2) is 60.9 Å². The van der Waals surface area contributed by atoms with Crippen LogP contribution in [0.25, 0.3) is 0 Å². The molecule has 6 heteroatoms. The second-order valence-electron chi connectivity index (χ2n) is 7.54. The maximum atomic E-state index is 12.7. The van der Waals surface area contributed by atoms with Gasteiger partial charge in [0.05, 0.1) is 19.8 Å². The summed E-state index contributed by atoms with van der Waals surface area (Å²) in [5.74, 6) is 1.15. The first-order valence-corrected chi connectivity index (χ1v) is 10.4. The molecule has 0 bridgehead atoms. The number of rotatable bonds is 8. The maximum absolute atomic E-state index is 12.7. The van der Waals surface area contributed by atoms with Crippen LogP contribution in [0.1, 0.15) is 47.2 Å². The van der Waals surface area contributed by atoms with Gasteiger partial charge in [-0.2, -0.15) is 5.10 Å². The second-order valence-corrected chi connectivity index (χ2v) is 7.54. The fraction of sp³-hybridized carbons (Fsp3) is 0.333. The van der Waals surface area contributed by atoms with Gasteiger partial charge in [-0.1, -0.05) is 24.3 Å². The molecule has 0 unspecified atom stereocenters. The Morgan fingerprint density at radius 1 is 1.10 bits per heavy atom. The number of carbonyl (C=O) groups is 1. The Balaban J connectivity index is 1.42. The molecule has 0 radical (unpaired) electrons. The van der Waals surface area contributed by atoms with E-state index in [9.17, 15) is 4.79 Å². The number of nitrogens with one attached hydrogen (secondary N) is 1. The zero-order valence-corrected chi connectivity index (χ0v) is 17.2. The summed E-state index contributed by atoms with van der Waals surface area (Å²) in [6.45, 7) is 1.11. The third kappa shape index (κ3) is 4.82. The van der Waals surface area contributed by atoms with E-state index < -0.39 is 0 Å². The van der Waals surface area contributed by atoms with E-state index in [2.05, 4.69) is 16.5 Å². The van der Waals surface area contributed by atoms with Gasteiger partial charge in [0, 0.05) is 24.5 Å². The summed E-state index contributed by atoms with van der Waals surface area (Å²) in [4.78, 5) is 12.7. The first kappa shape index (κ1) is 20.0. The molecule has 0 spiro atoms. The van der Waals surface area contributed by atoms with Crippen molar-refractivity contribution in [3.63, 3.8) is 0 Å². The smallest absolute Gasteiger partial charge is 0.251 e. The minimum atomic E-state index is -0.144. The van der Waals surface area contributed by atoms with Crippen molar-refractivity contribution in [2.45, 2.75) is 44.9 Å². The fourth-order valence-electron chi connectivity index (χ4n) is 3.82. The molecule has 1 fully saturated rings. The third-order valence-electron chi connectivity index (χ3n) is 5.47. The van der Waals surface area contributed by atoms with Crippen LogP contribution in [0.4, 0.5) is 0 Å². The van der Waals surface area contributed by atoms with Crippen LogP contribution < -0.4 is 14.8 Å². The molecule has 1 amide bonds. The normalized spacial score (nSPS) is 13.9. The largest absolute Gasteiger partial charge is 0.493 e. The lowest BCUT2D eigenvalue weighted by Gasteiger charge is -2.16. The van der Waals surface area contributed by atoms with Crippen molar-refractivity contribution in [2.24, 2.45) is 0 Å². The van der Waals surface area contributed by atoms with Crippen molar-refractivity contribution in [3.8, 4) is 11.5 Å². The van der Waals surface area contributed by atoms with E-state index in [1.54, 1.807) is 25.4 Å². The number of methoxy groups -OCH3 is 1. The quantitative estimate of drug-likeness (QED) is 0.610. The Bertz CT molecular complexity index is 979. The molecule has 0 saturated heterocycles. The van der Waals surface area contributed by atoms with Crippen molar-refractivity contribution < 1.29 is 14.3 Å². The van der Waals surface area contributed by atoms with Crippen LogP contribution in [0, 0.1) is 0 Å². The monoisotopic (exact) mass is 405 g/mol. The topological polar surface area (TPSA) is 65.4 Å². The predicted molar refractivity (Wildman–Crippen MR) is 115 cm³/mol. The van der Waals surface area contributed by atoms with Crippen LogP contribution in [-0.4, -0.2) is 28.9 Å². The van der Waals surface area contributed by atoms with Crippen LogP contribution >= 0.6 is 0 Å². The number of ether oxygens (including phenoxy) is 2. The Morgan fingerprint density at radius 2 is 1.90 bits per heavy atom. The Labute approximate surface area is 176 Å². The molecule has 1 aliphatic carbocycles. The van der Waals surface area contributed by atoms with Crippen molar-refractivity contribution in [1.29, 1.82) is 0 Å². The Morgan fingerprint density at radius 3 is 2.63 bits per heavy atom. The minimum Gasteiger partial charge on any atom is -0.493 e.